The molecule has 0 fully saturated rings. The van der Waals surface area contributed by atoms with Gasteiger partial charge in [0.25, 0.3) is 0 Å². The Morgan fingerprint density at radius 2 is 1.88 bits per heavy atom. The number of hydrogen-bond donors (Lipinski definition) is 1. The molecule has 0 radical (unpaired) electrons. The normalized spacial score (nSPS) is 11.8. The standard InChI is InChI=1S/C11H10F3N3/c1-17-6-9(15)10(16-17)7-4-2-3-5-8(7)11(12,13)14/h2-6H,15H2,1H3. The van der Waals surface area contributed by atoms with Crippen LogP contribution in [0.15, 0.2) is 30.5 Å². The molecule has 0 saturated heterocycles. The summed E-state index contributed by atoms with van der Waals surface area (Å²) in [5, 5.41) is 3.95. The molecule has 0 spiro atoms. The van der Waals surface area contributed by atoms with E-state index in [9.17, 15) is 13.2 Å². The predicted octanol–water partition coefficient (Wildman–Crippen LogP) is 2.69. The highest BCUT2D eigenvalue weighted by Gasteiger charge is 2.34. The zero-order valence-corrected chi connectivity index (χ0v) is 8.99. The Balaban J connectivity index is 2.64. The first kappa shape index (κ1) is 11.5. The minimum absolute atomic E-state index is 0.00176. The van der Waals surface area contributed by atoms with Crippen molar-refractivity contribution in [2.75, 3.05) is 5.73 Å². The van der Waals surface area contributed by atoms with Gasteiger partial charge in [-0.05, 0) is 6.07 Å². The highest BCUT2D eigenvalue weighted by Crippen LogP contribution is 2.37. The molecule has 2 rings (SSSR count). The molecule has 90 valence electrons. The van der Waals surface area contributed by atoms with Crippen LogP contribution in [0.2, 0.25) is 0 Å². The van der Waals surface area contributed by atoms with E-state index in [1.54, 1.807) is 7.05 Å². The Hall–Kier alpha value is -1.98. The number of nitrogens with zero attached hydrogens (tertiary/aromatic N) is 2. The van der Waals surface area contributed by atoms with E-state index in [1.165, 1.54) is 29.1 Å². The number of anilines is 1. The SMILES string of the molecule is Cn1cc(N)c(-c2ccccc2C(F)(F)F)n1. The molecule has 1 aromatic heterocycles. The maximum atomic E-state index is 12.8. The summed E-state index contributed by atoms with van der Waals surface area (Å²) in [7, 11) is 1.61. The van der Waals surface area contributed by atoms with Gasteiger partial charge in [-0.3, -0.25) is 4.68 Å². The van der Waals surface area contributed by atoms with Gasteiger partial charge in [-0.2, -0.15) is 18.3 Å². The molecular formula is C11H10F3N3. The van der Waals surface area contributed by atoms with Crippen LogP contribution in [0.4, 0.5) is 18.9 Å². The number of halogens is 3. The second kappa shape index (κ2) is 3.80. The summed E-state index contributed by atoms with van der Waals surface area (Å²) in [4.78, 5) is 0. The molecule has 3 nitrogen and oxygen atoms in total. The summed E-state index contributed by atoms with van der Waals surface area (Å²) in [6, 6.07) is 5.25. The average Bonchev–Trinajstić information content (AvgIpc) is 2.56. The van der Waals surface area contributed by atoms with E-state index in [2.05, 4.69) is 5.10 Å². The zero-order valence-electron chi connectivity index (χ0n) is 8.99. The van der Waals surface area contributed by atoms with Crippen molar-refractivity contribution in [1.82, 2.24) is 9.78 Å². The van der Waals surface area contributed by atoms with Crippen LogP contribution >= 0.6 is 0 Å². The Labute approximate surface area is 95.7 Å². The Morgan fingerprint density at radius 1 is 1.24 bits per heavy atom. The summed E-state index contributed by atoms with van der Waals surface area (Å²) < 4.78 is 39.8. The first-order chi connectivity index (χ1) is 7.89. The van der Waals surface area contributed by atoms with Gasteiger partial charge in [0.1, 0.15) is 5.69 Å². The van der Waals surface area contributed by atoms with Crippen molar-refractivity contribution in [3.05, 3.63) is 36.0 Å². The third-order valence-corrected chi connectivity index (χ3v) is 2.34. The molecule has 0 amide bonds. The van der Waals surface area contributed by atoms with Crippen molar-refractivity contribution in [3.63, 3.8) is 0 Å². The third-order valence-electron chi connectivity index (χ3n) is 2.34. The van der Waals surface area contributed by atoms with Gasteiger partial charge >= 0.3 is 6.18 Å². The smallest absolute Gasteiger partial charge is 0.396 e. The fourth-order valence-corrected chi connectivity index (χ4v) is 1.65. The Morgan fingerprint density at radius 3 is 2.41 bits per heavy atom. The van der Waals surface area contributed by atoms with Gasteiger partial charge in [-0.15, -0.1) is 0 Å². The highest BCUT2D eigenvalue weighted by molar-refractivity contribution is 5.74. The van der Waals surface area contributed by atoms with E-state index < -0.39 is 11.7 Å². The number of rotatable bonds is 1. The summed E-state index contributed by atoms with van der Waals surface area (Å²) in [6.07, 6.45) is -2.94. The predicted molar refractivity (Wildman–Crippen MR) is 58.1 cm³/mol. The summed E-state index contributed by atoms with van der Waals surface area (Å²) in [6.45, 7) is 0. The lowest BCUT2D eigenvalue weighted by Gasteiger charge is -2.11. The van der Waals surface area contributed by atoms with Crippen LogP contribution in [0, 0.1) is 0 Å². The van der Waals surface area contributed by atoms with E-state index in [-0.39, 0.29) is 16.9 Å². The lowest BCUT2D eigenvalue weighted by Crippen LogP contribution is -2.07. The molecule has 0 aliphatic carbocycles. The van der Waals surface area contributed by atoms with Gasteiger partial charge in [-0.25, -0.2) is 0 Å². The number of aryl methyl sites for hydroxylation is 1. The molecule has 0 bridgehead atoms. The molecule has 2 N–H and O–H groups in total. The first-order valence-corrected chi connectivity index (χ1v) is 4.85. The lowest BCUT2D eigenvalue weighted by atomic mass is 10.0. The van der Waals surface area contributed by atoms with Crippen LogP contribution in [-0.2, 0) is 13.2 Å². The van der Waals surface area contributed by atoms with Crippen LogP contribution in [0.3, 0.4) is 0 Å². The van der Waals surface area contributed by atoms with Gasteiger partial charge in [0.2, 0.25) is 0 Å². The lowest BCUT2D eigenvalue weighted by molar-refractivity contribution is -0.137. The van der Waals surface area contributed by atoms with Crippen LogP contribution in [0.25, 0.3) is 11.3 Å². The van der Waals surface area contributed by atoms with E-state index in [4.69, 9.17) is 5.73 Å². The van der Waals surface area contributed by atoms with Crippen LogP contribution in [-0.4, -0.2) is 9.78 Å². The van der Waals surface area contributed by atoms with Crippen molar-refractivity contribution in [3.8, 4) is 11.3 Å². The molecule has 1 aromatic carbocycles. The second-order valence-corrected chi connectivity index (χ2v) is 3.65. The monoisotopic (exact) mass is 241 g/mol. The largest absolute Gasteiger partial charge is 0.417 e. The molecule has 0 unspecified atom stereocenters. The number of hydrogen-bond acceptors (Lipinski definition) is 2. The first-order valence-electron chi connectivity index (χ1n) is 4.85. The zero-order chi connectivity index (χ0) is 12.6. The van der Waals surface area contributed by atoms with Crippen molar-refractivity contribution < 1.29 is 13.2 Å². The molecule has 0 atom stereocenters. The van der Waals surface area contributed by atoms with Gasteiger partial charge in [0.05, 0.1) is 11.3 Å². The summed E-state index contributed by atoms with van der Waals surface area (Å²) in [5.74, 6) is 0. The fraction of sp³-hybridized carbons (Fsp3) is 0.182. The number of benzene rings is 1. The van der Waals surface area contributed by atoms with Gasteiger partial charge < -0.3 is 5.73 Å². The van der Waals surface area contributed by atoms with Crippen molar-refractivity contribution in [2.24, 2.45) is 7.05 Å². The number of aromatic nitrogens is 2. The minimum atomic E-state index is -4.42. The van der Waals surface area contributed by atoms with E-state index in [0.29, 0.717) is 0 Å². The average molecular weight is 241 g/mol. The van der Waals surface area contributed by atoms with Crippen molar-refractivity contribution >= 4 is 5.69 Å². The van der Waals surface area contributed by atoms with Crippen molar-refractivity contribution in [1.29, 1.82) is 0 Å². The molecule has 6 heteroatoms. The van der Waals surface area contributed by atoms with Crippen LogP contribution in [0.1, 0.15) is 5.56 Å². The quantitative estimate of drug-likeness (QED) is 0.834. The topological polar surface area (TPSA) is 43.8 Å². The molecule has 0 saturated carbocycles. The van der Waals surface area contributed by atoms with E-state index >= 15 is 0 Å². The minimum Gasteiger partial charge on any atom is -0.396 e. The number of nitrogens with two attached hydrogens (primary N) is 1. The van der Waals surface area contributed by atoms with Gasteiger partial charge in [-0.1, -0.05) is 18.2 Å². The molecular weight excluding hydrogens is 231 g/mol. The third kappa shape index (κ3) is 2.11. The molecule has 2 aromatic rings. The van der Waals surface area contributed by atoms with E-state index in [0.717, 1.165) is 6.07 Å². The van der Waals surface area contributed by atoms with Gasteiger partial charge in [0.15, 0.2) is 0 Å². The highest BCUT2D eigenvalue weighted by atomic mass is 19.4. The molecule has 0 aliphatic rings. The summed E-state index contributed by atoms with van der Waals surface area (Å²) in [5.41, 5.74) is 5.28. The molecule has 0 aliphatic heterocycles. The van der Waals surface area contributed by atoms with Crippen LogP contribution < -0.4 is 5.73 Å². The second-order valence-electron chi connectivity index (χ2n) is 3.65. The molecule has 17 heavy (non-hydrogen) atoms. The maximum absolute atomic E-state index is 12.8. The maximum Gasteiger partial charge on any atom is 0.417 e. The van der Waals surface area contributed by atoms with Gasteiger partial charge in [0, 0.05) is 18.8 Å². The molecule has 1 heterocycles. The number of alkyl halides is 3. The summed E-state index contributed by atoms with van der Waals surface area (Å²) >= 11 is 0. The number of nitrogen functional groups attached to an aromatic ring is 1. The van der Waals surface area contributed by atoms with Crippen molar-refractivity contribution in [2.45, 2.75) is 6.18 Å². The Bertz CT molecular complexity index is 543. The fourth-order valence-electron chi connectivity index (χ4n) is 1.65. The van der Waals surface area contributed by atoms with Crippen LogP contribution in [0.5, 0.6) is 0 Å². The van der Waals surface area contributed by atoms with E-state index in [1.807, 2.05) is 0 Å². The Kier molecular flexibility index (Phi) is 2.57.